The Bertz CT molecular complexity index is 857. The van der Waals surface area contributed by atoms with Crippen LogP contribution in [0.15, 0.2) is 54.2 Å². The zero-order valence-electron chi connectivity index (χ0n) is 16.5. The van der Waals surface area contributed by atoms with Crippen LogP contribution in [-0.2, 0) is 4.74 Å². The SMILES string of the molecule is CC1=CCC(C=CC(=O)c2c(O)cccc2O[C@@H]2O[C@H](CO)[C@@H](O)[C@H](O)[C@H]2O)C=C1. The standard InChI is InChI=1S/C22H26O8/c1-12-5-7-13(8-6-12)9-10-15(25)18-14(24)3-2-4-16(18)29-22-21(28)20(27)19(26)17(11-23)30-22/h2-7,9-10,13,17,19-24,26-28H,8,11H2,1H3/t13?,17-,19-,20+,21-,22-/m1/s1. The lowest BCUT2D eigenvalue weighted by Gasteiger charge is -2.39. The number of aliphatic hydroxyl groups excluding tert-OH is 4. The summed E-state index contributed by atoms with van der Waals surface area (Å²) in [5.41, 5.74) is 1.03. The Hall–Kier alpha value is -2.49. The van der Waals surface area contributed by atoms with E-state index in [4.69, 9.17) is 9.47 Å². The quantitative estimate of drug-likeness (QED) is 0.339. The van der Waals surface area contributed by atoms with E-state index in [0.29, 0.717) is 0 Å². The second-order valence-electron chi connectivity index (χ2n) is 7.40. The summed E-state index contributed by atoms with van der Waals surface area (Å²) in [6.07, 6.45) is 2.45. The molecule has 8 heteroatoms. The Labute approximate surface area is 174 Å². The maximum absolute atomic E-state index is 12.8. The highest BCUT2D eigenvalue weighted by Gasteiger charge is 2.45. The Kier molecular flexibility index (Phi) is 7.06. The molecule has 3 rings (SSSR count). The number of carbonyl (C=O) groups excluding carboxylic acids is 1. The number of hydrogen-bond acceptors (Lipinski definition) is 8. The van der Waals surface area contributed by atoms with Crippen LogP contribution in [0.25, 0.3) is 0 Å². The highest BCUT2D eigenvalue weighted by Crippen LogP contribution is 2.32. The number of carbonyl (C=O) groups is 1. The monoisotopic (exact) mass is 418 g/mol. The maximum Gasteiger partial charge on any atom is 0.229 e. The molecule has 30 heavy (non-hydrogen) atoms. The molecule has 8 nitrogen and oxygen atoms in total. The van der Waals surface area contributed by atoms with E-state index in [2.05, 4.69) is 6.08 Å². The molecule has 0 saturated carbocycles. The van der Waals surface area contributed by atoms with Crippen LogP contribution in [-0.4, -0.2) is 68.6 Å². The largest absolute Gasteiger partial charge is 0.507 e. The molecule has 0 spiro atoms. The van der Waals surface area contributed by atoms with Gasteiger partial charge in [-0.15, -0.1) is 0 Å². The molecule has 1 aromatic carbocycles. The normalized spacial score (nSPS) is 31.6. The molecule has 2 aliphatic rings. The molecule has 6 atom stereocenters. The minimum Gasteiger partial charge on any atom is -0.507 e. The second-order valence-corrected chi connectivity index (χ2v) is 7.40. The summed E-state index contributed by atoms with van der Waals surface area (Å²) in [6, 6.07) is 4.19. The molecule has 5 N–H and O–H groups in total. The van der Waals surface area contributed by atoms with Crippen molar-refractivity contribution >= 4 is 5.78 Å². The van der Waals surface area contributed by atoms with Crippen molar-refractivity contribution < 1.29 is 39.8 Å². The minimum absolute atomic E-state index is 0.0540. The smallest absolute Gasteiger partial charge is 0.229 e. The molecule has 1 aliphatic carbocycles. The van der Waals surface area contributed by atoms with Gasteiger partial charge in [0, 0.05) is 0 Å². The third kappa shape index (κ3) is 4.80. The number of ketones is 1. The van der Waals surface area contributed by atoms with Gasteiger partial charge in [-0.25, -0.2) is 0 Å². The third-order valence-electron chi connectivity index (χ3n) is 5.16. The zero-order chi connectivity index (χ0) is 21.8. The second kappa shape index (κ2) is 9.55. The predicted molar refractivity (Wildman–Crippen MR) is 107 cm³/mol. The number of rotatable bonds is 6. The Balaban J connectivity index is 1.79. The summed E-state index contributed by atoms with van der Waals surface area (Å²) in [5, 5.41) is 49.5. The Morgan fingerprint density at radius 3 is 2.67 bits per heavy atom. The molecule has 1 aliphatic heterocycles. The van der Waals surface area contributed by atoms with Crippen molar-refractivity contribution in [1.82, 2.24) is 0 Å². The van der Waals surface area contributed by atoms with Crippen LogP contribution in [0.5, 0.6) is 11.5 Å². The van der Waals surface area contributed by atoms with Crippen molar-refractivity contribution in [3.63, 3.8) is 0 Å². The van der Waals surface area contributed by atoms with Crippen molar-refractivity contribution in [3.8, 4) is 11.5 Å². The molecule has 162 valence electrons. The van der Waals surface area contributed by atoms with Crippen LogP contribution in [0.1, 0.15) is 23.7 Å². The first-order valence-electron chi connectivity index (χ1n) is 9.68. The van der Waals surface area contributed by atoms with Crippen LogP contribution in [0.3, 0.4) is 0 Å². The van der Waals surface area contributed by atoms with Gasteiger partial charge in [-0.2, -0.15) is 0 Å². The number of aromatic hydroxyl groups is 1. The Morgan fingerprint density at radius 1 is 1.23 bits per heavy atom. The van der Waals surface area contributed by atoms with Crippen LogP contribution >= 0.6 is 0 Å². The fourth-order valence-corrected chi connectivity index (χ4v) is 3.34. The van der Waals surface area contributed by atoms with Crippen LogP contribution in [0.2, 0.25) is 0 Å². The van der Waals surface area contributed by atoms with Crippen LogP contribution in [0.4, 0.5) is 0 Å². The highest BCUT2D eigenvalue weighted by molar-refractivity contribution is 6.08. The van der Waals surface area contributed by atoms with E-state index >= 15 is 0 Å². The first-order chi connectivity index (χ1) is 14.3. The minimum atomic E-state index is -1.63. The summed E-state index contributed by atoms with van der Waals surface area (Å²) in [6.45, 7) is 1.38. The van der Waals surface area contributed by atoms with E-state index in [1.165, 1.54) is 24.3 Å². The first-order valence-corrected chi connectivity index (χ1v) is 9.68. The topological polar surface area (TPSA) is 137 Å². The van der Waals surface area contributed by atoms with E-state index in [-0.39, 0.29) is 23.0 Å². The molecule has 1 fully saturated rings. The fraction of sp³-hybridized carbons (Fsp3) is 0.409. The molecule has 0 aromatic heterocycles. The molecule has 0 amide bonds. The van der Waals surface area contributed by atoms with Crippen molar-refractivity contribution in [3.05, 3.63) is 59.7 Å². The fourth-order valence-electron chi connectivity index (χ4n) is 3.34. The number of ether oxygens (including phenoxy) is 2. The number of allylic oxidation sites excluding steroid dienone is 6. The summed E-state index contributed by atoms with van der Waals surface area (Å²) in [4.78, 5) is 12.8. The molecule has 0 radical (unpaired) electrons. The van der Waals surface area contributed by atoms with Crippen molar-refractivity contribution in [2.45, 2.75) is 44.1 Å². The van der Waals surface area contributed by atoms with Crippen LogP contribution < -0.4 is 4.74 Å². The van der Waals surface area contributed by atoms with E-state index in [1.54, 1.807) is 6.08 Å². The van der Waals surface area contributed by atoms with E-state index in [0.717, 1.165) is 12.0 Å². The number of aliphatic hydroxyl groups is 4. The van der Waals surface area contributed by atoms with Gasteiger partial charge in [0.25, 0.3) is 0 Å². The average molecular weight is 418 g/mol. The average Bonchev–Trinajstić information content (AvgIpc) is 2.73. The van der Waals surface area contributed by atoms with Gasteiger partial charge in [0.1, 0.15) is 41.5 Å². The lowest BCUT2D eigenvalue weighted by molar-refractivity contribution is -0.277. The number of phenolic OH excluding ortho intramolecular Hbond substituents is 1. The zero-order valence-corrected chi connectivity index (χ0v) is 16.5. The van der Waals surface area contributed by atoms with Crippen LogP contribution in [0, 0.1) is 5.92 Å². The lowest BCUT2D eigenvalue weighted by Crippen LogP contribution is -2.60. The van der Waals surface area contributed by atoms with Gasteiger partial charge < -0.3 is 35.0 Å². The predicted octanol–water partition coefficient (Wildman–Crippen LogP) is 0.832. The highest BCUT2D eigenvalue weighted by atomic mass is 16.7. The third-order valence-corrected chi connectivity index (χ3v) is 5.16. The first kappa shape index (κ1) is 22.2. The molecule has 1 heterocycles. The van der Waals surface area contributed by atoms with Gasteiger partial charge in [0.2, 0.25) is 6.29 Å². The van der Waals surface area contributed by atoms with Crippen molar-refractivity contribution in [1.29, 1.82) is 0 Å². The van der Waals surface area contributed by atoms with Gasteiger partial charge in [-0.3, -0.25) is 4.79 Å². The maximum atomic E-state index is 12.8. The molecule has 1 unspecified atom stereocenters. The lowest BCUT2D eigenvalue weighted by atomic mass is 9.96. The van der Waals surface area contributed by atoms with Gasteiger partial charge in [0.15, 0.2) is 5.78 Å². The summed E-state index contributed by atoms with van der Waals surface area (Å²) in [5.74, 6) is -0.837. The molecular weight excluding hydrogens is 392 g/mol. The summed E-state index contributed by atoms with van der Waals surface area (Å²) >= 11 is 0. The number of hydrogen-bond donors (Lipinski definition) is 5. The van der Waals surface area contributed by atoms with Crippen molar-refractivity contribution in [2.24, 2.45) is 5.92 Å². The molecule has 0 bridgehead atoms. The van der Waals surface area contributed by atoms with Gasteiger partial charge >= 0.3 is 0 Å². The summed E-state index contributed by atoms with van der Waals surface area (Å²) < 4.78 is 10.9. The van der Waals surface area contributed by atoms with E-state index in [1.807, 2.05) is 19.1 Å². The van der Waals surface area contributed by atoms with Gasteiger partial charge in [-0.1, -0.05) is 35.9 Å². The molecular formula is C22H26O8. The van der Waals surface area contributed by atoms with E-state index < -0.39 is 43.1 Å². The molecule has 1 aromatic rings. The van der Waals surface area contributed by atoms with Gasteiger partial charge in [0.05, 0.1) is 6.61 Å². The van der Waals surface area contributed by atoms with Crippen molar-refractivity contribution in [2.75, 3.05) is 6.61 Å². The number of phenols is 1. The number of benzene rings is 1. The summed E-state index contributed by atoms with van der Waals surface area (Å²) in [7, 11) is 0. The van der Waals surface area contributed by atoms with E-state index in [9.17, 15) is 30.3 Å². The molecule has 1 saturated heterocycles. The van der Waals surface area contributed by atoms with Gasteiger partial charge in [-0.05, 0) is 37.5 Å². The Morgan fingerprint density at radius 2 is 2.00 bits per heavy atom.